The van der Waals surface area contributed by atoms with E-state index in [0.717, 1.165) is 19.4 Å². The van der Waals surface area contributed by atoms with E-state index in [0.29, 0.717) is 6.54 Å². The van der Waals surface area contributed by atoms with E-state index in [1.54, 1.807) is 0 Å². The van der Waals surface area contributed by atoms with E-state index in [4.69, 9.17) is 4.74 Å². The molecule has 1 aliphatic rings. The van der Waals surface area contributed by atoms with Gasteiger partial charge in [-0.15, -0.1) is 0 Å². The van der Waals surface area contributed by atoms with Crippen molar-refractivity contribution in [1.29, 1.82) is 0 Å². The third-order valence-corrected chi connectivity index (χ3v) is 2.95. The zero-order chi connectivity index (χ0) is 12.2. The number of ether oxygens (including phenoxy) is 1. The molecule has 0 aliphatic carbocycles. The largest absolute Gasteiger partial charge is 0.371 e. The summed E-state index contributed by atoms with van der Waals surface area (Å²) in [6, 6.07) is -0.146. The average Bonchev–Trinajstić information content (AvgIpc) is 2.55. The Morgan fingerprint density at radius 3 is 2.75 bits per heavy atom. The van der Waals surface area contributed by atoms with Crippen molar-refractivity contribution in [2.45, 2.75) is 58.3 Å². The van der Waals surface area contributed by atoms with Crippen LogP contribution in [0.4, 0.5) is 0 Å². The first-order valence-electron chi connectivity index (χ1n) is 6.13. The van der Waals surface area contributed by atoms with E-state index in [1.165, 1.54) is 0 Å². The fourth-order valence-corrected chi connectivity index (χ4v) is 1.95. The molecule has 1 heterocycles. The second-order valence-electron chi connectivity index (χ2n) is 5.06. The second kappa shape index (κ2) is 5.64. The van der Waals surface area contributed by atoms with Gasteiger partial charge < -0.3 is 15.4 Å². The Hall–Kier alpha value is -0.610. The van der Waals surface area contributed by atoms with Crippen LogP contribution in [0.25, 0.3) is 0 Å². The molecule has 0 spiro atoms. The zero-order valence-corrected chi connectivity index (χ0v) is 10.8. The van der Waals surface area contributed by atoms with Gasteiger partial charge in [-0.1, -0.05) is 0 Å². The van der Waals surface area contributed by atoms with Crippen LogP contribution < -0.4 is 10.6 Å². The number of amides is 1. The molecular weight excluding hydrogens is 204 g/mol. The molecule has 1 aliphatic heterocycles. The van der Waals surface area contributed by atoms with Crippen molar-refractivity contribution in [3.63, 3.8) is 0 Å². The quantitative estimate of drug-likeness (QED) is 0.739. The molecule has 4 nitrogen and oxygen atoms in total. The predicted molar refractivity (Wildman–Crippen MR) is 64.3 cm³/mol. The van der Waals surface area contributed by atoms with Gasteiger partial charge in [0, 0.05) is 13.1 Å². The predicted octanol–water partition coefficient (Wildman–Crippen LogP) is 1.06. The highest BCUT2D eigenvalue weighted by atomic mass is 16.5. The summed E-state index contributed by atoms with van der Waals surface area (Å²) in [5.74, 6) is 0.0553. The molecule has 1 amide bonds. The molecule has 2 atom stereocenters. The molecular formula is C12H24N2O2. The lowest BCUT2D eigenvalue weighted by molar-refractivity contribution is -0.122. The lowest BCUT2D eigenvalue weighted by Gasteiger charge is -2.21. The third kappa shape index (κ3) is 4.10. The maximum Gasteiger partial charge on any atom is 0.236 e. The highest BCUT2D eigenvalue weighted by Crippen LogP contribution is 2.28. The summed E-state index contributed by atoms with van der Waals surface area (Å²) in [6.45, 7) is 9.46. The summed E-state index contributed by atoms with van der Waals surface area (Å²) < 4.78 is 5.84. The molecule has 2 unspecified atom stereocenters. The van der Waals surface area contributed by atoms with E-state index in [9.17, 15) is 4.79 Å². The first-order valence-corrected chi connectivity index (χ1v) is 6.13. The Bertz CT molecular complexity index is 241. The Kier molecular flexibility index (Phi) is 4.74. The topological polar surface area (TPSA) is 50.4 Å². The number of carbonyl (C=O) groups is 1. The van der Waals surface area contributed by atoms with E-state index in [2.05, 4.69) is 24.5 Å². The van der Waals surface area contributed by atoms with Gasteiger partial charge in [0.2, 0.25) is 5.91 Å². The van der Waals surface area contributed by atoms with Crippen LogP contribution in [-0.2, 0) is 9.53 Å². The van der Waals surface area contributed by atoms with E-state index in [-0.39, 0.29) is 23.7 Å². The number of hydrogen-bond donors (Lipinski definition) is 2. The van der Waals surface area contributed by atoms with Gasteiger partial charge in [-0.05, 0) is 40.5 Å². The van der Waals surface area contributed by atoms with Crippen LogP contribution in [0.3, 0.4) is 0 Å². The summed E-state index contributed by atoms with van der Waals surface area (Å²) in [6.07, 6.45) is 2.41. The van der Waals surface area contributed by atoms with Crippen LogP contribution in [0.2, 0.25) is 0 Å². The molecule has 4 heteroatoms. The smallest absolute Gasteiger partial charge is 0.236 e. The van der Waals surface area contributed by atoms with Crippen molar-refractivity contribution in [3.05, 3.63) is 0 Å². The van der Waals surface area contributed by atoms with Gasteiger partial charge >= 0.3 is 0 Å². The summed E-state index contributed by atoms with van der Waals surface area (Å²) in [4.78, 5) is 11.5. The molecule has 94 valence electrons. The standard InChI is InChI=1S/C12H24N2O2/c1-5-13-11(15)9(2)14-8-10-6-7-12(3,4)16-10/h9-10,14H,5-8H2,1-4H3,(H,13,15). The molecule has 1 saturated heterocycles. The Morgan fingerprint density at radius 1 is 1.56 bits per heavy atom. The number of nitrogens with one attached hydrogen (secondary N) is 2. The van der Waals surface area contributed by atoms with Gasteiger partial charge in [0.1, 0.15) is 0 Å². The fourth-order valence-electron chi connectivity index (χ4n) is 1.95. The first-order chi connectivity index (χ1) is 7.44. The Labute approximate surface area is 98.1 Å². The summed E-state index contributed by atoms with van der Waals surface area (Å²) in [5.41, 5.74) is 0.00125. The fraction of sp³-hybridized carbons (Fsp3) is 0.917. The molecule has 2 N–H and O–H groups in total. The molecule has 0 saturated carbocycles. The Balaban J connectivity index is 2.22. The van der Waals surface area contributed by atoms with Crippen molar-refractivity contribution in [1.82, 2.24) is 10.6 Å². The number of likely N-dealkylation sites (N-methyl/N-ethyl adjacent to an activating group) is 1. The minimum Gasteiger partial charge on any atom is -0.371 e. The third-order valence-electron chi connectivity index (χ3n) is 2.95. The highest BCUT2D eigenvalue weighted by molar-refractivity contribution is 5.81. The zero-order valence-electron chi connectivity index (χ0n) is 10.8. The summed E-state index contributed by atoms with van der Waals surface area (Å²) in [5, 5.41) is 6.00. The van der Waals surface area contributed by atoms with Gasteiger partial charge in [0.15, 0.2) is 0 Å². The Morgan fingerprint density at radius 2 is 2.25 bits per heavy atom. The molecule has 16 heavy (non-hydrogen) atoms. The normalized spacial score (nSPS) is 25.4. The lowest BCUT2D eigenvalue weighted by Crippen LogP contribution is -2.44. The van der Waals surface area contributed by atoms with Gasteiger partial charge in [-0.3, -0.25) is 4.79 Å². The van der Waals surface area contributed by atoms with Crippen molar-refractivity contribution in [2.75, 3.05) is 13.1 Å². The van der Waals surface area contributed by atoms with Gasteiger partial charge in [-0.2, -0.15) is 0 Å². The average molecular weight is 228 g/mol. The van der Waals surface area contributed by atoms with Gasteiger partial charge in [-0.25, -0.2) is 0 Å². The van der Waals surface area contributed by atoms with Crippen molar-refractivity contribution < 1.29 is 9.53 Å². The maximum absolute atomic E-state index is 11.5. The minimum absolute atomic E-state index is 0.00125. The van der Waals surface area contributed by atoms with Crippen LogP contribution in [0.5, 0.6) is 0 Å². The van der Waals surface area contributed by atoms with Crippen LogP contribution in [0, 0.1) is 0 Å². The van der Waals surface area contributed by atoms with Crippen LogP contribution in [0.1, 0.15) is 40.5 Å². The maximum atomic E-state index is 11.5. The van der Waals surface area contributed by atoms with Gasteiger partial charge in [0.25, 0.3) is 0 Å². The molecule has 0 aromatic carbocycles. The molecule has 0 aromatic heterocycles. The number of rotatable bonds is 5. The second-order valence-corrected chi connectivity index (χ2v) is 5.06. The summed E-state index contributed by atoms with van der Waals surface area (Å²) >= 11 is 0. The molecule has 1 fully saturated rings. The highest BCUT2D eigenvalue weighted by Gasteiger charge is 2.31. The van der Waals surface area contributed by atoms with E-state index >= 15 is 0 Å². The monoisotopic (exact) mass is 228 g/mol. The number of hydrogen-bond acceptors (Lipinski definition) is 3. The van der Waals surface area contributed by atoms with Crippen LogP contribution in [0.15, 0.2) is 0 Å². The van der Waals surface area contributed by atoms with Crippen LogP contribution in [-0.4, -0.2) is 36.7 Å². The number of carbonyl (C=O) groups excluding carboxylic acids is 1. The van der Waals surface area contributed by atoms with Gasteiger partial charge in [0.05, 0.1) is 17.7 Å². The first kappa shape index (κ1) is 13.5. The van der Waals surface area contributed by atoms with Crippen LogP contribution >= 0.6 is 0 Å². The van der Waals surface area contributed by atoms with E-state index < -0.39 is 0 Å². The van der Waals surface area contributed by atoms with Crippen molar-refractivity contribution >= 4 is 5.91 Å². The lowest BCUT2D eigenvalue weighted by atomic mass is 10.1. The molecule has 0 bridgehead atoms. The minimum atomic E-state index is -0.146. The SMILES string of the molecule is CCNC(=O)C(C)NCC1CCC(C)(C)O1. The molecule has 1 rings (SSSR count). The molecule has 0 radical (unpaired) electrons. The van der Waals surface area contributed by atoms with Crippen molar-refractivity contribution in [3.8, 4) is 0 Å². The molecule has 0 aromatic rings. The summed E-state index contributed by atoms with van der Waals surface area (Å²) in [7, 11) is 0. The van der Waals surface area contributed by atoms with E-state index in [1.807, 2.05) is 13.8 Å². The van der Waals surface area contributed by atoms with Crippen molar-refractivity contribution in [2.24, 2.45) is 0 Å².